The summed E-state index contributed by atoms with van der Waals surface area (Å²) >= 11 is 0. The van der Waals surface area contributed by atoms with Gasteiger partial charge in [0.25, 0.3) is 5.89 Å². The van der Waals surface area contributed by atoms with Crippen molar-refractivity contribution in [2.75, 3.05) is 0 Å². The highest BCUT2D eigenvalue weighted by molar-refractivity contribution is 5.53. The van der Waals surface area contributed by atoms with Crippen molar-refractivity contribution >= 4 is 0 Å². The number of nitrogens with one attached hydrogen (secondary N) is 1. The van der Waals surface area contributed by atoms with Crippen molar-refractivity contribution < 1.29 is 8.81 Å². The molecule has 0 saturated carbocycles. The third-order valence-corrected chi connectivity index (χ3v) is 2.93. The highest BCUT2D eigenvalue weighted by Crippen LogP contribution is 2.20. The van der Waals surface area contributed by atoms with Gasteiger partial charge in [-0.1, -0.05) is 12.1 Å². The predicted octanol–water partition coefficient (Wildman–Crippen LogP) is 2.56. The van der Waals surface area contributed by atoms with Crippen LogP contribution < -0.4 is 5.32 Å². The van der Waals surface area contributed by atoms with E-state index >= 15 is 0 Å². The van der Waals surface area contributed by atoms with E-state index in [1.165, 1.54) is 6.07 Å². The zero-order chi connectivity index (χ0) is 14.5. The quantitative estimate of drug-likeness (QED) is 0.780. The highest BCUT2D eigenvalue weighted by atomic mass is 19.1. The number of halogens is 1. The number of hydrogen-bond donors (Lipinski definition) is 1. The van der Waals surface area contributed by atoms with Gasteiger partial charge in [0.05, 0.1) is 12.1 Å². The maximum Gasteiger partial charge on any atom is 0.250 e. The minimum atomic E-state index is -0.377. The van der Waals surface area contributed by atoms with Crippen LogP contribution in [0.2, 0.25) is 0 Å². The third-order valence-electron chi connectivity index (χ3n) is 2.93. The lowest BCUT2D eigenvalue weighted by Gasteiger charge is -2.01. The normalized spacial score (nSPS) is 10.7. The van der Waals surface area contributed by atoms with Crippen LogP contribution in [0.4, 0.5) is 4.39 Å². The molecule has 0 spiro atoms. The first-order valence-corrected chi connectivity index (χ1v) is 6.50. The molecule has 0 aliphatic carbocycles. The van der Waals surface area contributed by atoms with Gasteiger partial charge in [0.15, 0.2) is 0 Å². The Morgan fingerprint density at radius 3 is 2.62 bits per heavy atom. The van der Waals surface area contributed by atoms with Gasteiger partial charge in [-0.05, 0) is 29.8 Å². The fourth-order valence-corrected chi connectivity index (χ4v) is 1.88. The van der Waals surface area contributed by atoms with Gasteiger partial charge in [0.1, 0.15) is 5.82 Å². The van der Waals surface area contributed by atoms with Crippen LogP contribution in [0.1, 0.15) is 11.5 Å². The van der Waals surface area contributed by atoms with E-state index in [0.717, 1.165) is 5.56 Å². The molecule has 1 N–H and O–H groups in total. The van der Waals surface area contributed by atoms with Gasteiger partial charge in [0, 0.05) is 18.9 Å². The molecule has 0 fully saturated rings. The minimum absolute atomic E-state index is 0.189. The fourth-order valence-electron chi connectivity index (χ4n) is 1.88. The highest BCUT2D eigenvalue weighted by Gasteiger charge is 2.11. The molecule has 0 bridgehead atoms. The molecule has 6 heteroatoms. The average Bonchev–Trinajstić information content (AvgIpc) is 2.97. The number of rotatable bonds is 5. The fraction of sp³-hybridized carbons (Fsp3) is 0.133. The SMILES string of the molecule is Fc1ccccc1-c1nnc(CNCc2ccncc2)o1. The Bertz CT molecular complexity index is 714. The molecule has 1 aromatic carbocycles. The van der Waals surface area contributed by atoms with Crippen molar-refractivity contribution in [2.24, 2.45) is 0 Å². The second-order valence-corrected chi connectivity index (χ2v) is 4.44. The zero-order valence-corrected chi connectivity index (χ0v) is 11.2. The van der Waals surface area contributed by atoms with Crippen molar-refractivity contribution in [2.45, 2.75) is 13.1 Å². The van der Waals surface area contributed by atoms with Crippen molar-refractivity contribution in [3.8, 4) is 11.5 Å². The second kappa shape index (κ2) is 6.23. The molecule has 106 valence electrons. The van der Waals surface area contributed by atoms with E-state index in [0.29, 0.717) is 24.5 Å². The summed E-state index contributed by atoms with van der Waals surface area (Å²) in [6.45, 7) is 1.09. The number of aromatic nitrogens is 3. The summed E-state index contributed by atoms with van der Waals surface area (Å²) in [6.07, 6.45) is 3.47. The van der Waals surface area contributed by atoms with Gasteiger partial charge in [-0.15, -0.1) is 10.2 Å². The van der Waals surface area contributed by atoms with Crippen LogP contribution in [0.5, 0.6) is 0 Å². The van der Waals surface area contributed by atoms with Crippen molar-refractivity contribution in [3.63, 3.8) is 0 Å². The predicted molar refractivity (Wildman–Crippen MR) is 74.5 cm³/mol. The summed E-state index contributed by atoms with van der Waals surface area (Å²) in [6, 6.07) is 10.2. The first-order chi connectivity index (χ1) is 10.3. The Labute approximate surface area is 120 Å². The van der Waals surface area contributed by atoms with Crippen LogP contribution in [0.15, 0.2) is 53.2 Å². The molecule has 2 aromatic heterocycles. The molecule has 3 rings (SSSR count). The molecule has 5 nitrogen and oxygen atoms in total. The Morgan fingerprint density at radius 2 is 1.81 bits per heavy atom. The third kappa shape index (κ3) is 3.29. The smallest absolute Gasteiger partial charge is 0.250 e. The van der Waals surface area contributed by atoms with Gasteiger partial charge >= 0.3 is 0 Å². The van der Waals surface area contributed by atoms with Crippen molar-refractivity contribution in [3.05, 3.63) is 66.1 Å². The van der Waals surface area contributed by atoms with Crippen molar-refractivity contribution in [1.29, 1.82) is 0 Å². The standard InChI is InChI=1S/C15H13FN4O/c16-13-4-2-1-3-12(13)15-20-19-14(21-15)10-18-9-11-5-7-17-8-6-11/h1-8,18H,9-10H2. The average molecular weight is 284 g/mol. The lowest BCUT2D eigenvalue weighted by molar-refractivity contribution is 0.474. The number of benzene rings is 1. The Kier molecular flexibility index (Phi) is 3.97. The molecule has 0 atom stereocenters. The summed E-state index contributed by atoms with van der Waals surface area (Å²) in [4.78, 5) is 3.95. The van der Waals surface area contributed by atoms with E-state index in [2.05, 4.69) is 20.5 Å². The van der Waals surface area contributed by atoms with Crippen LogP contribution in [0, 0.1) is 5.82 Å². The van der Waals surface area contributed by atoms with E-state index in [1.807, 2.05) is 12.1 Å². The van der Waals surface area contributed by atoms with E-state index in [1.54, 1.807) is 30.6 Å². The molecule has 0 aliphatic heterocycles. The Balaban J connectivity index is 1.62. The van der Waals surface area contributed by atoms with Crippen LogP contribution >= 0.6 is 0 Å². The molecule has 0 unspecified atom stereocenters. The van der Waals surface area contributed by atoms with Crippen molar-refractivity contribution in [1.82, 2.24) is 20.5 Å². The van der Waals surface area contributed by atoms with E-state index < -0.39 is 0 Å². The molecule has 0 aliphatic rings. The van der Waals surface area contributed by atoms with Gasteiger partial charge < -0.3 is 9.73 Å². The largest absolute Gasteiger partial charge is 0.419 e. The number of nitrogens with zero attached hydrogens (tertiary/aromatic N) is 3. The van der Waals surface area contributed by atoms with E-state index in [9.17, 15) is 4.39 Å². The lowest BCUT2D eigenvalue weighted by Crippen LogP contribution is -2.12. The van der Waals surface area contributed by atoms with E-state index in [-0.39, 0.29) is 11.7 Å². The molecule has 21 heavy (non-hydrogen) atoms. The summed E-state index contributed by atoms with van der Waals surface area (Å²) in [5.41, 5.74) is 1.42. The van der Waals surface area contributed by atoms with Crippen LogP contribution in [-0.4, -0.2) is 15.2 Å². The molecule has 0 amide bonds. The van der Waals surface area contributed by atoms with Crippen LogP contribution in [0.3, 0.4) is 0 Å². The number of hydrogen-bond acceptors (Lipinski definition) is 5. The van der Waals surface area contributed by atoms with E-state index in [4.69, 9.17) is 4.42 Å². The lowest BCUT2D eigenvalue weighted by atomic mass is 10.2. The monoisotopic (exact) mass is 284 g/mol. The Hall–Kier alpha value is -2.60. The molecule has 0 radical (unpaired) electrons. The molecule has 3 aromatic rings. The van der Waals surface area contributed by atoms with Gasteiger partial charge in [-0.3, -0.25) is 4.98 Å². The van der Waals surface area contributed by atoms with Crippen LogP contribution in [0.25, 0.3) is 11.5 Å². The maximum atomic E-state index is 13.6. The number of pyridine rings is 1. The summed E-state index contributed by atoms with van der Waals surface area (Å²) < 4.78 is 19.1. The summed E-state index contributed by atoms with van der Waals surface area (Å²) in [5.74, 6) is 0.230. The van der Waals surface area contributed by atoms with Crippen LogP contribution in [-0.2, 0) is 13.1 Å². The first kappa shape index (κ1) is 13.4. The minimum Gasteiger partial charge on any atom is -0.419 e. The maximum absolute atomic E-state index is 13.6. The van der Waals surface area contributed by atoms with Gasteiger partial charge in [0.2, 0.25) is 5.89 Å². The second-order valence-electron chi connectivity index (χ2n) is 4.44. The molecular formula is C15H13FN4O. The Morgan fingerprint density at radius 1 is 1.00 bits per heavy atom. The first-order valence-electron chi connectivity index (χ1n) is 6.50. The summed E-state index contributed by atoms with van der Waals surface area (Å²) in [7, 11) is 0. The van der Waals surface area contributed by atoms with Gasteiger partial charge in [-0.25, -0.2) is 4.39 Å². The zero-order valence-electron chi connectivity index (χ0n) is 11.2. The molecule has 0 saturated heterocycles. The molecule has 2 heterocycles. The molecular weight excluding hydrogens is 271 g/mol. The summed E-state index contributed by atoms with van der Waals surface area (Å²) in [5, 5.41) is 11.0. The van der Waals surface area contributed by atoms with Gasteiger partial charge in [-0.2, -0.15) is 0 Å². The topological polar surface area (TPSA) is 63.8 Å².